The average molecular weight is 307 g/mol. The molecule has 112 valence electrons. The van der Waals surface area contributed by atoms with Crippen LogP contribution >= 0.6 is 11.6 Å². The van der Waals surface area contributed by atoms with E-state index in [4.69, 9.17) is 11.6 Å². The number of carbonyl (C=O) groups excluding carboxylic acids is 1. The monoisotopic (exact) mass is 306 g/mol. The highest BCUT2D eigenvalue weighted by atomic mass is 35.5. The molecule has 1 aromatic rings. The normalized spacial score (nSPS) is 40.5. The third kappa shape index (κ3) is 2.06. The summed E-state index contributed by atoms with van der Waals surface area (Å²) in [7, 11) is 0. The summed E-state index contributed by atoms with van der Waals surface area (Å²) < 4.78 is 14.2. The molecule has 0 radical (unpaired) electrons. The molecule has 0 heterocycles. The molecule has 3 heteroatoms. The Hall–Kier alpha value is -0.890. The van der Waals surface area contributed by atoms with Gasteiger partial charge in [0.2, 0.25) is 0 Å². The Kier molecular flexibility index (Phi) is 2.83. The Morgan fingerprint density at radius 2 is 1.90 bits per heavy atom. The molecule has 0 spiro atoms. The van der Waals surface area contributed by atoms with Crippen molar-refractivity contribution in [2.24, 2.45) is 22.7 Å². The van der Waals surface area contributed by atoms with Gasteiger partial charge < -0.3 is 0 Å². The molecule has 4 fully saturated rings. The van der Waals surface area contributed by atoms with Crippen molar-refractivity contribution < 1.29 is 9.18 Å². The molecule has 1 aromatic carbocycles. The van der Waals surface area contributed by atoms with Gasteiger partial charge in [-0.2, -0.15) is 0 Å². The molecule has 0 amide bonds. The van der Waals surface area contributed by atoms with E-state index < -0.39 is 5.82 Å². The fourth-order valence-corrected chi connectivity index (χ4v) is 6.10. The summed E-state index contributed by atoms with van der Waals surface area (Å²) in [5.41, 5.74) is 0.223. The van der Waals surface area contributed by atoms with E-state index in [1.165, 1.54) is 25.3 Å². The topological polar surface area (TPSA) is 17.1 Å². The molecule has 4 aliphatic rings. The van der Waals surface area contributed by atoms with Gasteiger partial charge in [-0.25, -0.2) is 4.39 Å². The van der Waals surface area contributed by atoms with Crippen LogP contribution in [-0.4, -0.2) is 5.78 Å². The summed E-state index contributed by atoms with van der Waals surface area (Å²) in [4.78, 5) is 13.1. The maximum Gasteiger partial charge on any atom is 0.171 e. The van der Waals surface area contributed by atoms with Gasteiger partial charge in [-0.3, -0.25) is 4.79 Å². The molecular formula is C18H20ClFO. The highest BCUT2D eigenvalue weighted by Crippen LogP contribution is 2.65. The Bertz CT molecular complexity index is 610. The van der Waals surface area contributed by atoms with Gasteiger partial charge in [0.05, 0.1) is 5.56 Å². The minimum Gasteiger partial charge on any atom is -0.293 e. The Labute approximate surface area is 129 Å². The van der Waals surface area contributed by atoms with Gasteiger partial charge in [-0.05, 0) is 74.0 Å². The molecule has 4 aliphatic carbocycles. The number of benzene rings is 1. The second-order valence-corrected chi connectivity index (χ2v) is 8.44. The van der Waals surface area contributed by atoms with Gasteiger partial charge in [0.15, 0.2) is 5.78 Å². The molecule has 1 nitrogen and oxygen atoms in total. The van der Waals surface area contributed by atoms with E-state index in [0.29, 0.717) is 22.3 Å². The lowest BCUT2D eigenvalue weighted by molar-refractivity contribution is -0.0821. The van der Waals surface area contributed by atoms with Crippen molar-refractivity contribution >= 4 is 17.4 Å². The minimum absolute atomic E-state index is 0.0250. The van der Waals surface area contributed by atoms with E-state index in [9.17, 15) is 9.18 Å². The maximum absolute atomic E-state index is 14.2. The minimum atomic E-state index is -0.464. The molecule has 0 aliphatic heterocycles. The van der Waals surface area contributed by atoms with Gasteiger partial charge in [0, 0.05) is 10.4 Å². The van der Waals surface area contributed by atoms with Crippen LogP contribution in [-0.2, 0) is 0 Å². The molecule has 0 N–H and O–H groups in total. The summed E-state index contributed by atoms with van der Waals surface area (Å²) in [5.74, 6) is 0.886. The number of halogens is 2. The Balaban J connectivity index is 1.74. The summed E-state index contributed by atoms with van der Waals surface area (Å²) >= 11 is 5.81. The molecule has 5 rings (SSSR count). The van der Waals surface area contributed by atoms with Crippen LogP contribution in [0.15, 0.2) is 18.2 Å². The zero-order chi connectivity index (χ0) is 14.8. The van der Waals surface area contributed by atoms with Gasteiger partial charge in [-0.1, -0.05) is 18.5 Å². The van der Waals surface area contributed by atoms with E-state index in [1.807, 2.05) is 0 Å². The second-order valence-electron chi connectivity index (χ2n) is 8.01. The molecule has 2 atom stereocenters. The zero-order valence-electron chi connectivity index (χ0n) is 12.3. The van der Waals surface area contributed by atoms with Gasteiger partial charge in [0.25, 0.3) is 0 Å². The standard InChI is InChI=1S/C18H20ClFO/c1-17-6-11-4-12(7-17)9-18(8-11,10-17)16(21)14-3-2-13(19)5-15(14)20/h2-3,5,11-12H,4,6-10H2,1H3. The number of carbonyl (C=O) groups is 1. The van der Waals surface area contributed by atoms with E-state index in [1.54, 1.807) is 12.1 Å². The van der Waals surface area contributed by atoms with E-state index >= 15 is 0 Å². The summed E-state index contributed by atoms with van der Waals surface area (Å²) in [6.07, 6.45) is 6.63. The fourth-order valence-electron chi connectivity index (χ4n) is 5.95. The fraction of sp³-hybridized carbons (Fsp3) is 0.611. The lowest BCUT2D eigenvalue weighted by atomic mass is 9.43. The zero-order valence-corrected chi connectivity index (χ0v) is 13.0. The van der Waals surface area contributed by atoms with Crippen molar-refractivity contribution in [3.63, 3.8) is 0 Å². The smallest absolute Gasteiger partial charge is 0.171 e. The third-order valence-electron chi connectivity index (χ3n) is 6.01. The Morgan fingerprint density at radius 1 is 1.24 bits per heavy atom. The van der Waals surface area contributed by atoms with Crippen molar-refractivity contribution in [2.75, 3.05) is 0 Å². The van der Waals surface area contributed by atoms with Gasteiger partial charge >= 0.3 is 0 Å². The van der Waals surface area contributed by atoms with Crippen LogP contribution < -0.4 is 0 Å². The quantitative estimate of drug-likeness (QED) is 0.680. The van der Waals surface area contributed by atoms with Crippen LogP contribution in [0.3, 0.4) is 0 Å². The molecule has 21 heavy (non-hydrogen) atoms. The number of Topliss-reactive ketones (excluding diaryl/α,β-unsaturated/α-hetero) is 1. The van der Waals surface area contributed by atoms with Gasteiger partial charge in [0.1, 0.15) is 5.82 Å². The van der Waals surface area contributed by atoms with Crippen LogP contribution in [0.5, 0.6) is 0 Å². The first kappa shape index (κ1) is 13.8. The lowest BCUT2D eigenvalue weighted by Gasteiger charge is -2.60. The molecule has 0 aromatic heterocycles. The number of ketones is 1. The molecule has 4 saturated carbocycles. The van der Waals surface area contributed by atoms with Crippen LogP contribution in [0.4, 0.5) is 4.39 Å². The van der Waals surface area contributed by atoms with E-state index in [2.05, 4.69) is 6.92 Å². The predicted octanol–water partition coefficient (Wildman–Crippen LogP) is 5.27. The lowest BCUT2D eigenvalue weighted by Crippen LogP contribution is -2.54. The summed E-state index contributed by atoms with van der Waals surface area (Å²) in [5, 5.41) is 0.349. The Morgan fingerprint density at radius 3 is 2.48 bits per heavy atom. The molecule has 4 bridgehead atoms. The van der Waals surface area contributed by atoms with E-state index in [0.717, 1.165) is 19.3 Å². The highest BCUT2D eigenvalue weighted by molar-refractivity contribution is 6.30. The SMILES string of the molecule is CC12CC3CC(C1)CC(C(=O)c1ccc(Cl)cc1F)(C3)C2. The van der Waals surface area contributed by atoms with Crippen molar-refractivity contribution in [1.29, 1.82) is 0 Å². The van der Waals surface area contributed by atoms with Crippen molar-refractivity contribution in [3.05, 3.63) is 34.6 Å². The first-order valence-electron chi connectivity index (χ1n) is 7.89. The molecule has 2 unspecified atom stereocenters. The third-order valence-corrected chi connectivity index (χ3v) is 6.25. The first-order chi connectivity index (χ1) is 9.89. The largest absolute Gasteiger partial charge is 0.293 e. The number of rotatable bonds is 2. The molecule has 0 saturated heterocycles. The second kappa shape index (κ2) is 4.32. The highest BCUT2D eigenvalue weighted by Gasteiger charge is 2.58. The summed E-state index contributed by atoms with van der Waals surface area (Å²) in [6, 6.07) is 4.46. The van der Waals surface area contributed by atoms with Crippen molar-refractivity contribution in [3.8, 4) is 0 Å². The molecular weight excluding hydrogens is 287 g/mol. The summed E-state index contributed by atoms with van der Waals surface area (Å²) in [6.45, 7) is 2.32. The number of hydrogen-bond donors (Lipinski definition) is 0. The van der Waals surface area contributed by atoms with Crippen LogP contribution in [0.2, 0.25) is 5.02 Å². The number of hydrogen-bond acceptors (Lipinski definition) is 1. The van der Waals surface area contributed by atoms with E-state index in [-0.39, 0.29) is 16.8 Å². The van der Waals surface area contributed by atoms with Crippen molar-refractivity contribution in [2.45, 2.75) is 45.4 Å². The predicted molar refractivity (Wildman–Crippen MR) is 81.0 cm³/mol. The maximum atomic E-state index is 14.2. The average Bonchev–Trinajstić information content (AvgIpc) is 2.35. The van der Waals surface area contributed by atoms with Crippen LogP contribution in [0.1, 0.15) is 55.8 Å². The van der Waals surface area contributed by atoms with Crippen LogP contribution in [0, 0.1) is 28.5 Å². The van der Waals surface area contributed by atoms with Crippen molar-refractivity contribution in [1.82, 2.24) is 0 Å². The van der Waals surface area contributed by atoms with Gasteiger partial charge in [-0.15, -0.1) is 0 Å². The first-order valence-corrected chi connectivity index (χ1v) is 8.27. The van der Waals surface area contributed by atoms with Crippen LogP contribution in [0.25, 0.3) is 0 Å².